The van der Waals surface area contributed by atoms with Crippen LogP contribution >= 0.6 is 0 Å². The molecule has 0 radical (unpaired) electrons. The van der Waals surface area contributed by atoms with E-state index in [-0.39, 0.29) is 0 Å². The van der Waals surface area contributed by atoms with E-state index in [1.807, 2.05) is 0 Å². The number of hydrogen-bond acceptors (Lipinski definition) is 4. The van der Waals surface area contributed by atoms with Crippen molar-refractivity contribution < 1.29 is 26.0 Å². The van der Waals surface area contributed by atoms with Crippen LogP contribution in [0.1, 0.15) is 0 Å². The molecule has 0 aliphatic rings. The predicted octanol–water partition coefficient (Wildman–Crippen LogP) is 0.181. The molecule has 11 heteroatoms. The van der Waals surface area contributed by atoms with Gasteiger partial charge >= 0.3 is 12.3 Å². The van der Waals surface area contributed by atoms with Gasteiger partial charge in [-0.1, -0.05) is 0 Å². The lowest BCUT2D eigenvalue weighted by atomic mass is 10.4. The molecular formula is C7H10F4N4O2S. The monoisotopic (exact) mass is 290 g/mol. The second-order valence-electron chi connectivity index (χ2n) is 3.43. The molecular weight excluding hydrogens is 280 g/mol. The lowest BCUT2D eigenvalue weighted by Gasteiger charge is -2.16. The molecule has 1 heterocycles. The van der Waals surface area contributed by atoms with Crippen molar-refractivity contribution in [3.05, 3.63) is 6.33 Å². The molecule has 0 aromatic carbocycles. The SMILES string of the molecule is Cn1cnc(N)c1S(=O)(=O)NCC(F)(F)C(F)F. The normalized spacial score (nSPS) is 13.2. The average molecular weight is 290 g/mol. The summed E-state index contributed by atoms with van der Waals surface area (Å²) in [6.45, 7) is -1.72. The number of nitrogens with zero attached hydrogens (tertiary/aromatic N) is 2. The first-order chi connectivity index (χ1) is 8.08. The first-order valence-corrected chi connectivity index (χ1v) is 5.98. The average Bonchev–Trinajstić information content (AvgIpc) is 2.56. The molecule has 0 atom stereocenters. The van der Waals surface area contributed by atoms with Gasteiger partial charge in [-0.3, -0.25) is 0 Å². The molecule has 0 unspecified atom stereocenters. The predicted molar refractivity (Wildman–Crippen MR) is 53.8 cm³/mol. The quantitative estimate of drug-likeness (QED) is 0.757. The summed E-state index contributed by atoms with van der Waals surface area (Å²) in [5.74, 6) is -4.87. The van der Waals surface area contributed by atoms with E-state index in [1.54, 1.807) is 0 Å². The number of anilines is 1. The van der Waals surface area contributed by atoms with Gasteiger partial charge in [0.2, 0.25) is 0 Å². The van der Waals surface area contributed by atoms with E-state index in [0.717, 1.165) is 10.9 Å². The third-order valence-corrected chi connectivity index (χ3v) is 3.51. The van der Waals surface area contributed by atoms with Gasteiger partial charge in [0.1, 0.15) is 0 Å². The van der Waals surface area contributed by atoms with Crippen LogP contribution in [-0.4, -0.2) is 36.9 Å². The van der Waals surface area contributed by atoms with Gasteiger partial charge in [-0.25, -0.2) is 26.9 Å². The number of alkyl halides is 4. The fourth-order valence-electron chi connectivity index (χ4n) is 1.10. The summed E-state index contributed by atoms with van der Waals surface area (Å²) >= 11 is 0. The zero-order chi connectivity index (χ0) is 14.1. The summed E-state index contributed by atoms with van der Waals surface area (Å²) < 4.78 is 74.4. The van der Waals surface area contributed by atoms with E-state index in [9.17, 15) is 26.0 Å². The Morgan fingerprint density at radius 3 is 2.50 bits per heavy atom. The minimum absolute atomic E-state index is 0.412. The summed E-state index contributed by atoms with van der Waals surface area (Å²) in [5, 5.41) is -0.562. The molecule has 18 heavy (non-hydrogen) atoms. The molecule has 0 saturated carbocycles. The summed E-state index contributed by atoms with van der Waals surface area (Å²) in [5.41, 5.74) is 5.24. The molecule has 6 nitrogen and oxygen atoms in total. The highest BCUT2D eigenvalue weighted by Gasteiger charge is 2.42. The van der Waals surface area contributed by atoms with Gasteiger partial charge in [0.05, 0.1) is 12.9 Å². The Balaban J connectivity index is 2.91. The molecule has 0 saturated heterocycles. The molecule has 3 N–H and O–H groups in total. The second kappa shape index (κ2) is 4.72. The van der Waals surface area contributed by atoms with Crippen molar-refractivity contribution in [3.63, 3.8) is 0 Å². The summed E-state index contributed by atoms with van der Waals surface area (Å²) in [4.78, 5) is 3.45. The van der Waals surface area contributed by atoms with Crippen molar-refractivity contribution in [1.82, 2.24) is 14.3 Å². The van der Waals surface area contributed by atoms with Crippen LogP contribution in [0.15, 0.2) is 11.4 Å². The number of imidazole rings is 1. The Hall–Kier alpha value is -1.36. The number of nitrogens with one attached hydrogen (secondary N) is 1. The minimum atomic E-state index is -4.46. The maximum atomic E-state index is 12.6. The molecule has 104 valence electrons. The van der Waals surface area contributed by atoms with Crippen molar-refractivity contribution in [1.29, 1.82) is 0 Å². The molecule has 1 aromatic rings. The van der Waals surface area contributed by atoms with Gasteiger partial charge in [-0.05, 0) is 0 Å². The topological polar surface area (TPSA) is 90.0 Å². The number of sulfonamides is 1. The van der Waals surface area contributed by atoms with E-state index in [4.69, 9.17) is 5.73 Å². The maximum absolute atomic E-state index is 12.6. The Kier molecular flexibility index (Phi) is 3.86. The van der Waals surface area contributed by atoms with Crippen molar-refractivity contribution in [3.8, 4) is 0 Å². The van der Waals surface area contributed by atoms with Crippen molar-refractivity contribution in [2.45, 2.75) is 17.4 Å². The van der Waals surface area contributed by atoms with E-state index < -0.39 is 39.8 Å². The third-order valence-electron chi connectivity index (χ3n) is 1.98. The van der Waals surface area contributed by atoms with Crippen LogP contribution in [-0.2, 0) is 17.1 Å². The summed E-state index contributed by atoms with van der Waals surface area (Å²) in [6.07, 6.45) is -2.92. The standard InChI is InChI=1S/C7H10F4N4O2S/c1-15-3-13-4(12)5(15)18(16,17)14-2-7(10,11)6(8)9/h3,6,14H,2,12H2,1H3. The molecule has 0 aliphatic carbocycles. The van der Waals surface area contributed by atoms with Crippen LogP contribution in [0.25, 0.3) is 0 Å². The Morgan fingerprint density at radius 1 is 1.56 bits per heavy atom. The van der Waals surface area contributed by atoms with Crippen LogP contribution in [0, 0.1) is 0 Å². The van der Waals surface area contributed by atoms with Gasteiger partial charge in [-0.15, -0.1) is 0 Å². The Bertz CT molecular complexity index is 508. The second-order valence-corrected chi connectivity index (χ2v) is 5.11. The number of aryl methyl sites for hydroxylation is 1. The lowest BCUT2D eigenvalue weighted by Crippen LogP contribution is -2.41. The molecule has 0 bridgehead atoms. The van der Waals surface area contributed by atoms with Crippen LogP contribution in [0.5, 0.6) is 0 Å². The zero-order valence-corrected chi connectivity index (χ0v) is 9.89. The van der Waals surface area contributed by atoms with Crippen molar-refractivity contribution in [2.24, 2.45) is 7.05 Å². The Labute approximate surface area is 99.8 Å². The highest BCUT2D eigenvalue weighted by Crippen LogP contribution is 2.23. The third kappa shape index (κ3) is 2.90. The summed E-state index contributed by atoms with van der Waals surface area (Å²) in [6, 6.07) is 0. The Morgan fingerprint density at radius 2 is 2.11 bits per heavy atom. The van der Waals surface area contributed by atoms with Gasteiger partial charge in [0.15, 0.2) is 10.8 Å². The van der Waals surface area contributed by atoms with Crippen molar-refractivity contribution in [2.75, 3.05) is 12.3 Å². The number of nitrogens with two attached hydrogens (primary N) is 1. The van der Waals surface area contributed by atoms with Crippen LogP contribution in [0.2, 0.25) is 0 Å². The van der Waals surface area contributed by atoms with Gasteiger partial charge in [0, 0.05) is 7.05 Å². The van der Waals surface area contributed by atoms with E-state index in [2.05, 4.69) is 4.98 Å². The number of aromatic nitrogens is 2. The molecule has 1 aromatic heterocycles. The van der Waals surface area contributed by atoms with E-state index in [1.165, 1.54) is 11.8 Å². The van der Waals surface area contributed by atoms with Crippen LogP contribution in [0.3, 0.4) is 0 Å². The fourth-order valence-corrected chi connectivity index (χ4v) is 2.37. The maximum Gasteiger partial charge on any atom is 0.320 e. The number of nitrogen functional groups attached to an aromatic ring is 1. The summed E-state index contributed by atoms with van der Waals surface area (Å²) in [7, 11) is -3.17. The van der Waals surface area contributed by atoms with Gasteiger partial charge in [0.25, 0.3) is 10.0 Å². The lowest BCUT2D eigenvalue weighted by molar-refractivity contribution is -0.122. The fraction of sp³-hybridized carbons (Fsp3) is 0.571. The number of halogens is 4. The highest BCUT2D eigenvalue weighted by atomic mass is 32.2. The van der Waals surface area contributed by atoms with Gasteiger partial charge in [-0.2, -0.15) is 8.78 Å². The molecule has 0 spiro atoms. The highest BCUT2D eigenvalue weighted by molar-refractivity contribution is 7.89. The number of rotatable bonds is 5. The molecule has 1 rings (SSSR count). The van der Waals surface area contributed by atoms with Gasteiger partial charge < -0.3 is 10.3 Å². The molecule has 0 amide bonds. The van der Waals surface area contributed by atoms with E-state index in [0.29, 0.717) is 0 Å². The smallest absolute Gasteiger partial charge is 0.320 e. The first kappa shape index (κ1) is 14.7. The number of hydrogen-bond donors (Lipinski definition) is 2. The van der Waals surface area contributed by atoms with Crippen LogP contribution < -0.4 is 10.5 Å². The molecule has 0 aliphatic heterocycles. The van der Waals surface area contributed by atoms with E-state index >= 15 is 0 Å². The first-order valence-electron chi connectivity index (χ1n) is 4.50. The molecule has 0 fully saturated rings. The zero-order valence-electron chi connectivity index (χ0n) is 9.07. The van der Waals surface area contributed by atoms with Crippen molar-refractivity contribution >= 4 is 15.8 Å². The largest absolute Gasteiger partial charge is 0.381 e. The minimum Gasteiger partial charge on any atom is -0.381 e. The van der Waals surface area contributed by atoms with Crippen LogP contribution in [0.4, 0.5) is 23.4 Å².